The molecule has 0 aromatic heterocycles. The molecule has 0 aliphatic heterocycles. The van der Waals surface area contributed by atoms with Gasteiger partial charge in [-0.15, -0.1) is 0 Å². The number of unbranched alkanes of at least 4 members (excludes halogenated alkanes) is 15. The quantitative estimate of drug-likeness (QED) is 0.0673. The van der Waals surface area contributed by atoms with Crippen LogP contribution < -0.4 is 4.74 Å². The number of Topliss-reactive ketones (excluding diaryl/α,β-unsaturated/α-hetero) is 1. The van der Waals surface area contributed by atoms with E-state index in [0.717, 1.165) is 24.3 Å². The van der Waals surface area contributed by atoms with Crippen molar-refractivity contribution in [2.75, 3.05) is 40.5 Å². The Morgan fingerprint density at radius 2 is 1.33 bits per heavy atom. The van der Waals surface area contributed by atoms with Crippen LogP contribution in [0.1, 0.15) is 135 Å². The fourth-order valence-electron chi connectivity index (χ4n) is 5.35. The molecular formula is C35H64NO6P. The van der Waals surface area contributed by atoms with Gasteiger partial charge in [0.25, 0.3) is 0 Å². The minimum atomic E-state index is -4.18. The summed E-state index contributed by atoms with van der Waals surface area (Å²) in [5.41, 5.74) is 0.980. The minimum Gasteiger partial charge on any atom is -0.493 e. The molecule has 0 aliphatic carbocycles. The van der Waals surface area contributed by atoms with Gasteiger partial charge in [-0.1, -0.05) is 121 Å². The summed E-state index contributed by atoms with van der Waals surface area (Å²) in [4.78, 5) is 24.0. The molecule has 1 N–H and O–H groups in total. The van der Waals surface area contributed by atoms with Gasteiger partial charge in [0.05, 0.1) is 19.8 Å². The van der Waals surface area contributed by atoms with Gasteiger partial charge < -0.3 is 19.3 Å². The first-order valence-corrected chi connectivity index (χ1v) is 18.7. The van der Waals surface area contributed by atoms with Crippen LogP contribution in [-0.4, -0.2) is 56.0 Å². The highest BCUT2D eigenvalue weighted by molar-refractivity contribution is 7.47. The van der Waals surface area contributed by atoms with Gasteiger partial charge in [-0.25, -0.2) is 4.57 Å². The molecule has 0 radical (unpaired) electrons. The van der Waals surface area contributed by atoms with Crippen LogP contribution in [0.25, 0.3) is 0 Å². The molecular weight excluding hydrogens is 561 g/mol. The van der Waals surface area contributed by atoms with Crippen LogP contribution >= 0.6 is 7.82 Å². The number of carbonyl (C=O) groups excluding carboxylic acids is 1. The third-order valence-corrected chi connectivity index (χ3v) is 8.77. The highest BCUT2D eigenvalue weighted by atomic mass is 31.2. The summed E-state index contributed by atoms with van der Waals surface area (Å²) in [7, 11) is -0.307. The molecule has 2 atom stereocenters. The lowest BCUT2D eigenvalue weighted by Crippen LogP contribution is -2.17. The van der Waals surface area contributed by atoms with Crippen molar-refractivity contribution in [1.82, 2.24) is 4.90 Å². The molecule has 1 rings (SSSR count). The molecule has 0 heterocycles. The molecule has 0 bridgehead atoms. The van der Waals surface area contributed by atoms with Gasteiger partial charge in [0.1, 0.15) is 11.5 Å². The molecule has 0 saturated heterocycles. The molecule has 0 spiro atoms. The molecule has 1 aromatic rings. The van der Waals surface area contributed by atoms with Crippen LogP contribution in [0.2, 0.25) is 0 Å². The van der Waals surface area contributed by atoms with Gasteiger partial charge in [-0.05, 0) is 64.4 Å². The zero-order valence-corrected chi connectivity index (χ0v) is 28.9. The highest BCUT2D eigenvalue weighted by Crippen LogP contribution is 2.44. The predicted octanol–water partition coefficient (Wildman–Crippen LogP) is 9.55. The molecule has 1 aromatic carbocycles. The Kier molecular flexibility index (Phi) is 24.1. The minimum absolute atomic E-state index is 0.0137. The Bertz CT molecular complexity index is 864. The van der Waals surface area contributed by atoms with E-state index in [4.69, 9.17) is 13.8 Å². The number of para-hydroxylation sites is 1. The number of carbonyl (C=O) groups is 1. The zero-order valence-electron chi connectivity index (χ0n) is 28.0. The SMILES string of the molecule is CCCCCCCCCCCCCCCCCCOc1ccccc1CC(COP(=O)(O)OCCCN(C)C)CC(C)=O. The summed E-state index contributed by atoms with van der Waals surface area (Å²) in [5, 5.41) is 0. The van der Waals surface area contributed by atoms with Gasteiger partial charge in [-0.2, -0.15) is 0 Å². The van der Waals surface area contributed by atoms with E-state index in [1.807, 2.05) is 43.3 Å². The van der Waals surface area contributed by atoms with Crippen LogP contribution in [0.15, 0.2) is 24.3 Å². The molecule has 0 saturated carbocycles. The Morgan fingerprint density at radius 1 is 0.791 bits per heavy atom. The first-order chi connectivity index (χ1) is 20.7. The van der Waals surface area contributed by atoms with Crippen molar-refractivity contribution < 1.29 is 28.0 Å². The monoisotopic (exact) mass is 625 g/mol. The summed E-state index contributed by atoms with van der Waals surface area (Å²) in [6.07, 6.45) is 22.9. The number of phosphoric ester groups is 1. The summed E-state index contributed by atoms with van der Waals surface area (Å²) >= 11 is 0. The number of benzene rings is 1. The van der Waals surface area contributed by atoms with Gasteiger partial charge in [0, 0.05) is 6.42 Å². The van der Waals surface area contributed by atoms with Crippen molar-refractivity contribution in [2.24, 2.45) is 5.92 Å². The van der Waals surface area contributed by atoms with Crippen molar-refractivity contribution in [3.05, 3.63) is 29.8 Å². The van der Waals surface area contributed by atoms with E-state index in [9.17, 15) is 14.3 Å². The summed E-state index contributed by atoms with van der Waals surface area (Å²) in [6.45, 7) is 5.33. The first-order valence-electron chi connectivity index (χ1n) is 17.2. The molecule has 250 valence electrons. The topological polar surface area (TPSA) is 85.3 Å². The number of hydrogen-bond donors (Lipinski definition) is 1. The second-order valence-corrected chi connectivity index (χ2v) is 13.9. The molecule has 43 heavy (non-hydrogen) atoms. The number of ether oxygens (including phenoxy) is 1. The maximum atomic E-state index is 12.3. The number of phosphoric acid groups is 1. The molecule has 0 amide bonds. The van der Waals surface area contributed by atoms with E-state index in [2.05, 4.69) is 6.92 Å². The Hall–Kier alpha value is -1.24. The Balaban J connectivity index is 2.26. The zero-order chi connectivity index (χ0) is 31.6. The van der Waals surface area contributed by atoms with E-state index in [1.165, 1.54) is 103 Å². The average Bonchev–Trinajstić information content (AvgIpc) is 2.96. The van der Waals surface area contributed by atoms with E-state index in [0.29, 0.717) is 19.4 Å². The third kappa shape index (κ3) is 23.8. The average molecular weight is 626 g/mol. The number of ketones is 1. The summed E-state index contributed by atoms with van der Waals surface area (Å²) in [5.74, 6) is 0.576. The van der Waals surface area contributed by atoms with Crippen LogP contribution in [0.5, 0.6) is 5.75 Å². The molecule has 0 fully saturated rings. The second kappa shape index (κ2) is 26.0. The number of rotatable bonds is 30. The lowest BCUT2D eigenvalue weighted by Gasteiger charge is -2.20. The highest BCUT2D eigenvalue weighted by Gasteiger charge is 2.24. The van der Waals surface area contributed by atoms with Crippen molar-refractivity contribution in [3.8, 4) is 5.75 Å². The normalized spacial score (nSPS) is 13.7. The Labute approximate surface area is 264 Å². The van der Waals surface area contributed by atoms with Gasteiger partial charge in [0.15, 0.2) is 0 Å². The number of nitrogens with zero attached hydrogens (tertiary/aromatic N) is 1. The van der Waals surface area contributed by atoms with Gasteiger partial charge in [-0.3, -0.25) is 9.05 Å². The molecule has 2 unspecified atom stereocenters. The van der Waals surface area contributed by atoms with Gasteiger partial charge >= 0.3 is 7.82 Å². The lowest BCUT2D eigenvalue weighted by atomic mass is 9.95. The van der Waals surface area contributed by atoms with Crippen molar-refractivity contribution in [1.29, 1.82) is 0 Å². The van der Waals surface area contributed by atoms with E-state index in [-0.39, 0.29) is 31.3 Å². The van der Waals surface area contributed by atoms with Crippen LogP contribution in [0, 0.1) is 5.92 Å². The summed E-state index contributed by atoms with van der Waals surface area (Å²) in [6, 6.07) is 7.85. The predicted molar refractivity (Wildman–Crippen MR) is 179 cm³/mol. The number of hydrogen-bond acceptors (Lipinski definition) is 6. The maximum absolute atomic E-state index is 12.3. The maximum Gasteiger partial charge on any atom is 0.472 e. The van der Waals surface area contributed by atoms with Gasteiger partial charge in [0.2, 0.25) is 0 Å². The lowest BCUT2D eigenvalue weighted by molar-refractivity contribution is -0.118. The third-order valence-electron chi connectivity index (χ3n) is 7.79. The molecule has 7 nitrogen and oxygen atoms in total. The molecule has 8 heteroatoms. The smallest absolute Gasteiger partial charge is 0.472 e. The standard InChI is InChI=1S/C35H64NO6P/c1-5-6-7-8-9-10-11-12-13-14-15-16-17-18-19-22-27-40-35-25-21-20-24-34(35)30-33(29-32(2)37)31-42-43(38,39)41-28-23-26-36(3)4/h20-21,24-25,33H,5-19,22-23,26-31H2,1-4H3,(H,38,39). The van der Waals surface area contributed by atoms with Crippen molar-refractivity contribution in [3.63, 3.8) is 0 Å². The van der Waals surface area contributed by atoms with Crippen LogP contribution in [-0.2, 0) is 24.8 Å². The Morgan fingerprint density at radius 3 is 1.86 bits per heavy atom. The van der Waals surface area contributed by atoms with Crippen LogP contribution in [0.4, 0.5) is 0 Å². The fourth-order valence-corrected chi connectivity index (χ4v) is 6.18. The fraction of sp³-hybridized carbons (Fsp3) is 0.800. The van der Waals surface area contributed by atoms with E-state index < -0.39 is 7.82 Å². The van der Waals surface area contributed by atoms with E-state index >= 15 is 0 Å². The largest absolute Gasteiger partial charge is 0.493 e. The van der Waals surface area contributed by atoms with E-state index in [1.54, 1.807) is 0 Å². The summed E-state index contributed by atoms with van der Waals surface area (Å²) < 4.78 is 28.9. The van der Waals surface area contributed by atoms with Crippen molar-refractivity contribution >= 4 is 13.6 Å². The second-order valence-electron chi connectivity index (χ2n) is 12.5. The van der Waals surface area contributed by atoms with Crippen molar-refractivity contribution in [2.45, 2.75) is 136 Å². The van der Waals surface area contributed by atoms with Crippen LogP contribution in [0.3, 0.4) is 0 Å². The first kappa shape index (κ1) is 39.8. The molecule has 0 aliphatic rings.